The van der Waals surface area contributed by atoms with E-state index in [1.54, 1.807) is 6.07 Å². The van der Waals surface area contributed by atoms with Gasteiger partial charge in [-0.2, -0.15) is 0 Å². The van der Waals surface area contributed by atoms with Gasteiger partial charge in [0.25, 0.3) is 17.7 Å². The fourth-order valence-corrected chi connectivity index (χ4v) is 4.49. The van der Waals surface area contributed by atoms with Crippen molar-refractivity contribution in [2.75, 3.05) is 19.6 Å². The topological polar surface area (TPSA) is 95.6 Å². The SMILES string of the molecule is O=C(NCCNC(=O)C1CCCCC1)c1ccc2c(c1)C(=O)N(CCc1ccccc1)C2=O. The van der Waals surface area contributed by atoms with Crippen molar-refractivity contribution in [3.05, 3.63) is 70.8 Å². The van der Waals surface area contributed by atoms with Crippen molar-refractivity contribution in [3.63, 3.8) is 0 Å². The van der Waals surface area contributed by atoms with E-state index in [1.165, 1.54) is 23.5 Å². The van der Waals surface area contributed by atoms with Gasteiger partial charge in [0.15, 0.2) is 0 Å². The summed E-state index contributed by atoms with van der Waals surface area (Å²) >= 11 is 0. The van der Waals surface area contributed by atoms with Gasteiger partial charge in [0.1, 0.15) is 0 Å². The Morgan fingerprint density at radius 1 is 0.848 bits per heavy atom. The number of imide groups is 1. The maximum absolute atomic E-state index is 12.8. The normalized spacial score (nSPS) is 15.9. The van der Waals surface area contributed by atoms with Gasteiger partial charge in [-0.15, -0.1) is 0 Å². The van der Waals surface area contributed by atoms with Crippen LogP contribution in [0, 0.1) is 5.92 Å². The molecule has 0 radical (unpaired) electrons. The van der Waals surface area contributed by atoms with Crippen LogP contribution >= 0.6 is 0 Å². The van der Waals surface area contributed by atoms with Crippen LogP contribution in [0.4, 0.5) is 0 Å². The molecule has 0 saturated heterocycles. The Bertz CT molecular complexity index is 1040. The minimum Gasteiger partial charge on any atom is -0.354 e. The van der Waals surface area contributed by atoms with Crippen LogP contribution in [0.2, 0.25) is 0 Å². The number of hydrogen-bond donors (Lipinski definition) is 2. The first-order valence-electron chi connectivity index (χ1n) is 11.6. The molecule has 7 nitrogen and oxygen atoms in total. The Labute approximate surface area is 193 Å². The smallest absolute Gasteiger partial charge is 0.261 e. The van der Waals surface area contributed by atoms with Gasteiger partial charge in [-0.1, -0.05) is 49.6 Å². The second-order valence-electron chi connectivity index (χ2n) is 8.64. The lowest BCUT2D eigenvalue weighted by molar-refractivity contribution is -0.125. The molecule has 2 aromatic rings. The van der Waals surface area contributed by atoms with Gasteiger partial charge >= 0.3 is 0 Å². The predicted molar refractivity (Wildman–Crippen MR) is 124 cm³/mol. The zero-order valence-corrected chi connectivity index (χ0v) is 18.6. The molecule has 0 atom stereocenters. The number of carbonyl (C=O) groups is 4. The van der Waals surface area contributed by atoms with Crippen molar-refractivity contribution < 1.29 is 19.2 Å². The average molecular weight is 448 g/mol. The van der Waals surface area contributed by atoms with Gasteiger partial charge in [-0.25, -0.2) is 0 Å². The van der Waals surface area contributed by atoms with E-state index in [2.05, 4.69) is 10.6 Å². The number of rotatable bonds is 8. The number of amides is 4. The standard InChI is InChI=1S/C26H29N3O4/c30-23(19-9-5-2-6-10-19)27-14-15-28-24(31)20-11-12-21-22(17-20)26(33)29(25(21)32)16-13-18-7-3-1-4-8-18/h1,3-4,7-8,11-12,17,19H,2,5-6,9-10,13-16H2,(H,27,30)(H,28,31). The predicted octanol–water partition coefficient (Wildman–Crippen LogP) is 2.95. The molecule has 33 heavy (non-hydrogen) atoms. The lowest BCUT2D eigenvalue weighted by Crippen LogP contribution is -2.38. The highest BCUT2D eigenvalue weighted by atomic mass is 16.2. The van der Waals surface area contributed by atoms with Gasteiger partial charge in [-0.3, -0.25) is 24.1 Å². The number of hydrogen-bond acceptors (Lipinski definition) is 4. The summed E-state index contributed by atoms with van der Waals surface area (Å²) in [5.41, 5.74) is 1.94. The van der Waals surface area contributed by atoms with E-state index >= 15 is 0 Å². The Balaban J connectivity index is 1.29. The average Bonchev–Trinajstić information content (AvgIpc) is 3.10. The molecule has 0 aromatic heterocycles. The van der Waals surface area contributed by atoms with E-state index in [-0.39, 0.29) is 35.1 Å². The zero-order valence-electron chi connectivity index (χ0n) is 18.6. The summed E-state index contributed by atoms with van der Waals surface area (Å²) in [7, 11) is 0. The second kappa shape index (κ2) is 10.4. The molecular formula is C26H29N3O4. The fourth-order valence-electron chi connectivity index (χ4n) is 4.49. The fraction of sp³-hybridized carbons (Fsp3) is 0.385. The lowest BCUT2D eigenvalue weighted by Gasteiger charge is -2.20. The van der Waals surface area contributed by atoms with Crippen LogP contribution in [0.15, 0.2) is 48.5 Å². The third-order valence-electron chi connectivity index (χ3n) is 6.39. The summed E-state index contributed by atoms with van der Waals surface area (Å²) in [6.45, 7) is 0.944. The molecule has 7 heteroatoms. The maximum Gasteiger partial charge on any atom is 0.261 e. The largest absolute Gasteiger partial charge is 0.354 e. The molecule has 1 saturated carbocycles. The zero-order chi connectivity index (χ0) is 23.2. The molecule has 172 valence electrons. The van der Waals surface area contributed by atoms with Gasteiger partial charge in [0, 0.05) is 31.1 Å². The maximum atomic E-state index is 12.8. The number of benzene rings is 2. The van der Waals surface area contributed by atoms with Crippen LogP contribution in [0.1, 0.15) is 68.7 Å². The number of nitrogens with one attached hydrogen (secondary N) is 2. The third-order valence-corrected chi connectivity index (χ3v) is 6.39. The Morgan fingerprint density at radius 2 is 1.55 bits per heavy atom. The first-order chi connectivity index (χ1) is 16.0. The molecule has 4 rings (SSSR count). The summed E-state index contributed by atoms with van der Waals surface area (Å²) in [6, 6.07) is 14.2. The van der Waals surface area contributed by atoms with Crippen LogP contribution in [0.5, 0.6) is 0 Å². The molecule has 2 aliphatic rings. The highest BCUT2D eigenvalue weighted by Gasteiger charge is 2.35. The van der Waals surface area contributed by atoms with Crippen LogP contribution in [0.3, 0.4) is 0 Å². The minimum atomic E-state index is -0.375. The molecule has 4 amide bonds. The third kappa shape index (κ3) is 5.30. The van der Waals surface area contributed by atoms with E-state index in [0.29, 0.717) is 37.2 Å². The van der Waals surface area contributed by atoms with Gasteiger partial charge < -0.3 is 10.6 Å². The minimum absolute atomic E-state index is 0.0567. The van der Waals surface area contributed by atoms with Crippen molar-refractivity contribution in [2.24, 2.45) is 5.92 Å². The first-order valence-corrected chi connectivity index (χ1v) is 11.6. The molecule has 1 fully saturated rings. The summed E-state index contributed by atoms with van der Waals surface area (Å²) in [5, 5.41) is 5.66. The summed E-state index contributed by atoms with van der Waals surface area (Å²) < 4.78 is 0. The van der Waals surface area contributed by atoms with Crippen LogP contribution in [-0.4, -0.2) is 48.2 Å². The Hall–Kier alpha value is -3.48. The molecule has 0 unspecified atom stereocenters. The van der Waals surface area contributed by atoms with E-state index < -0.39 is 0 Å². The number of fused-ring (bicyclic) bond motifs is 1. The molecule has 1 heterocycles. The van der Waals surface area contributed by atoms with Crippen LogP contribution in [-0.2, 0) is 11.2 Å². The summed E-state index contributed by atoms with van der Waals surface area (Å²) in [4.78, 5) is 51.5. The lowest BCUT2D eigenvalue weighted by atomic mass is 9.89. The highest BCUT2D eigenvalue weighted by Crippen LogP contribution is 2.25. The second-order valence-corrected chi connectivity index (χ2v) is 8.64. The van der Waals surface area contributed by atoms with Gasteiger partial charge in [0.05, 0.1) is 11.1 Å². The van der Waals surface area contributed by atoms with Gasteiger partial charge in [0.2, 0.25) is 5.91 Å². The molecule has 2 aromatic carbocycles. The first kappa shape index (κ1) is 22.7. The molecular weight excluding hydrogens is 418 g/mol. The summed E-state index contributed by atoms with van der Waals surface area (Å²) in [6.07, 6.45) is 5.83. The van der Waals surface area contributed by atoms with E-state index in [9.17, 15) is 19.2 Å². The monoisotopic (exact) mass is 447 g/mol. The Morgan fingerprint density at radius 3 is 2.30 bits per heavy atom. The number of nitrogens with zero attached hydrogens (tertiary/aromatic N) is 1. The molecule has 1 aliphatic heterocycles. The van der Waals surface area contributed by atoms with Gasteiger partial charge in [-0.05, 0) is 43.0 Å². The van der Waals surface area contributed by atoms with E-state index in [4.69, 9.17) is 0 Å². The molecule has 1 aliphatic carbocycles. The quantitative estimate of drug-likeness (QED) is 0.480. The van der Waals surface area contributed by atoms with Crippen molar-refractivity contribution in [1.82, 2.24) is 15.5 Å². The van der Waals surface area contributed by atoms with Crippen LogP contribution in [0.25, 0.3) is 0 Å². The van der Waals surface area contributed by atoms with Crippen LogP contribution < -0.4 is 10.6 Å². The van der Waals surface area contributed by atoms with Crippen molar-refractivity contribution in [3.8, 4) is 0 Å². The van der Waals surface area contributed by atoms with E-state index in [1.807, 2.05) is 30.3 Å². The highest BCUT2D eigenvalue weighted by molar-refractivity contribution is 6.22. The summed E-state index contributed by atoms with van der Waals surface area (Å²) in [5.74, 6) is -0.905. The molecule has 0 spiro atoms. The molecule has 2 N–H and O–H groups in total. The Kier molecular flexibility index (Phi) is 7.17. The van der Waals surface area contributed by atoms with Crippen molar-refractivity contribution >= 4 is 23.6 Å². The van der Waals surface area contributed by atoms with E-state index in [0.717, 1.165) is 31.2 Å². The molecule has 0 bridgehead atoms. The van der Waals surface area contributed by atoms with Crippen molar-refractivity contribution in [1.29, 1.82) is 0 Å². The van der Waals surface area contributed by atoms with Crippen molar-refractivity contribution in [2.45, 2.75) is 38.5 Å². The number of carbonyl (C=O) groups excluding carboxylic acids is 4.